The Hall–Kier alpha value is -3.45. The number of ether oxygens (including phenoxy) is 2. The fourth-order valence-electron chi connectivity index (χ4n) is 3.44. The Balaban J connectivity index is 1.56. The molecule has 1 heterocycles. The third-order valence-corrected chi connectivity index (χ3v) is 6.22. The van der Waals surface area contributed by atoms with Gasteiger partial charge in [-0.2, -0.15) is 0 Å². The lowest BCUT2D eigenvalue weighted by Crippen LogP contribution is -2.28. The molecule has 0 saturated carbocycles. The predicted molar refractivity (Wildman–Crippen MR) is 123 cm³/mol. The first-order valence-corrected chi connectivity index (χ1v) is 10.8. The van der Waals surface area contributed by atoms with Crippen LogP contribution in [0.3, 0.4) is 0 Å². The average molecular weight is 435 g/mol. The van der Waals surface area contributed by atoms with E-state index >= 15 is 0 Å². The van der Waals surface area contributed by atoms with E-state index in [1.807, 2.05) is 54.6 Å². The number of methoxy groups -OCH3 is 2. The van der Waals surface area contributed by atoms with Crippen LogP contribution in [-0.4, -0.2) is 31.8 Å². The van der Waals surface area contributed by atoms with Crippen LogP contribution in [0.25, 0.3) is 0 Å². The SMILES string of the molecule is COc1ccc(N2C(=O)CSC2c2ccc(NC(=O)c3ccccc3)cc2)c(OC)c1. The number of hydrogen-bond donors (Lipinski definition) is 1. The van der Waals surface area contributed by atoms with Crippen molar-refractivity contribution < 1.29 is 19.1 Å². The molecule has 0 radical (unpaired) electrons. The Morgan fingerprint density at radius 2 is 1.74 bits per heavy atom. The van der Waals surface area contributed by atoms with Crippen molar-refractivity contribution in [1.29, 1.82) is 0 Å². The molecule has 158 valence electrons. The number of hydrogen-bond acceptors (Lipinski definition) is 5. The van der Waals surface area contributed by atoms with Crippen molar-refractivity contribution in [2.75, 3.05) is 30.2 Å². The van der Waals surface area contributed by atoms with E-state index in [1.54, 1.807) is 49.1 Å². The summed E-state index contributed by atoms with van der Waals surface area (Å²) in [6.45, 7) is 0. The van der Waals surface area contributed by atoms with Gasteiger partial charge in [0, 0.05) is 17.3 Å². The summed E-state index contributed by atoms with van der Waals surface area (Å²) in [5, 5.41) is 2.71. The Morgan fingerprint density at radius 1 is 1.00 bits per heavy atom. The number of amides is 2. The molecule has 4 rings (SSSR count). The molecule has 1 N–H and O–H groups in total. The fraction of sp³-hybridized carbons (Fsp3) is 0.167. The van der Waals surface area contributed by atoms with Gasteiger partial charge in [0.25, 0.3) is 5.91 Å². The molecular weight excluding hydrogens is 412 g/mol. The molecule has 1 saturated heterocycles. The van der Waals surface area contributed by atoms with Crippen LogP contribution in [0.4, 0.5) is 11.4 Å². The summed E-state index contributed by atoms with van der Waals surface area (Å²) in [5.41, 5.74) is 2.96. The molecule has 1 aliphatic heterocycles. The molecule has 1 fully saturated rings. The van der Waals surface area contributed by atoms with Gasteiger partial charge in [0.15, 0.2) is 0 Å². The smallest absolute Gasteiger partial charge is 0.255 e. The molecule has 1 aliphatic rings. The number of benzene rings is 3. The van der Waals surface area contributed by atoms with E-state index in [9.17, 15) is 9.59 Å². The van der Waals surface area contributed by atoms with Crippen molar-refractivity contribution in [2.45, 2.75) is 5.37 Å². The Morgan fingerprint density at radius 3 is 2.42 bits per heavy atom. The second-order valence-electron chi connectivity index (χ2n) is 6.91. The van der Waals surface area contributed by atoms with E-state index in [-0.39, 0.29) is 17.2 Å². The highest BCUT2D eigenvalue weighted by Gasteiger charge is 2.35. The van der Waals surface area contributed by atoms with Crippen LogP contribution in [0, 0.1) is 0 Å². The monoisotopic (exact) mass is 434 g/mol. The van der Waals surface area contributed by atoms with Gasteiger partial charge in [-0.05, 0) is 42.0 Å². The van der Waals surface area contributed by atoms with Gasteiger partial charge < -0.3 is 14.8 Å². The van der Waals surface area contributed by atoms with E-state index in [4.69, 9.17) is 9.47 Å². The number of rotatable bonds is 6. The highest BCUT2D eigenvalue weighted by Crippen LogP contribution is 2.45. The van der Waals surface area contributed by atoms with Gasteiger partial charge in [0.2, 0.25) is 5.91 Å². The van der Waals surface area contributed by atoms with Crippen LogP contribution >= 0.6 is 11.8 Å². The molecule has 2 amide bonds. The molecule has 0 aliphatic carbocycles. The van der Waals surface area contributed by atoms with Crippen molar-refractivity contribution in [3.05, 3.63) is 83.9 Å². The minimum atomic E-state index is -0.186. The zero-order valence-electron chi connectivity index (χ0n) is 17.2. The van der Waals surface area contributed by atoms with Gasteiger partial charge in [-0.25, -0.2) is 0 Å². The zero-order chi connectivity index (χ0) is 21.8. The molecule has 0 bridgehead atoms. The summed E-state index contributed by atoms with van der Waals surface area (Å²) in [7, 11) is 3.16. The molecule has 1 atom stereocenters. The number of nitrogens with zero attached hydrogens (tertiary/aromatic N) is 1. The van der Waals surface area contributed by atoms with Crippen LogP contribution in [0.1, 0.15) is 21.3 Å². The molecule has 3 aromatic rings. The molecular formula is C24H22N2O4S. The van der Waals surface area contributed by atoms with Crippen LogP contribution < -0.4 is 19.7 Å². The topological polar surface area (TPSA) is 67.9 Å². The van der Waals surface area contributed by atoms with Crippen molar-refractivity contribution >= 4 is 35.0 Å². The second-order valence-corrected chi connectivity index (χ2v) is 7.98. The first-order chi connectivity index (χ1) is 15.1. The fourth-order valence-corrected chi connectivity index (χ4v) is 4.61. The highest BCUT2D eigenvalue weighted by atomic mass is 32.2. The van der Waals surface area contributed by atoms with Gasteiger partial charge in [0.1, 0.15) is 16.9 Å². The summed E-state index contributed by atoms with van der Waals surface area (Å²) in [6, 6.07) is 22.0. The highest BCUT2D eigenvalue weighted by molar-refractivity contribution is 8.00. The lowest BCUT2D eigenvalue weighted by molar-refractivity contribution is -0.115. The molecule has 7 heteroatoms. The number of carbonyl (C=O) groups excluding carboxylic acids is 2. The third kappa shape index (κ3) is 4.36. The maximum absolute atomic E-state index is 12.7. The molecule has 31 heavy (non-hydrogen) atoms. The lowest BCUT2D eigenvalue weighted by atomic mass is 10.1. The minimum absolute atomic E-state index is 0.0138. The molecule has 3 aromatic carbocycles. The number of carbonyl (C=O) groups is 2. The van der Waals surface area contributed by atoms with E-state index in [2.05, 4.69) is 5.32 Å². The van der Waals surface area contributed by atoms with E-state index < -0.39 is 0 Å². The number of thioether (sulfide) groups is 1. The van der Waals surface area contributed by atoms with Crippen LogP contribution in [0.2, 0.25) is 0 Å². The Labute approximate surface area is 185 Å². The standard InChI is InChI=1S/C24H22N2O4S/c1-29-19-12-13-20(21(14-19)30-2)26-22(27)15-31-24(26)17-8-10-18(11-9-17)25-23(28)16-6-4-3-5-7-16/h3-14,24H,15H2,1-2H3,(H,25,28). The van der Waals surface area contributed by atoms with Crippen molar-refractivity contribution in [1.82, 2.24) is 0 Å². The van der Waals surface area contributed by atoms with Crippen LogP contribution in [0.5, 0.6) is 11.5 Å². The summed E-state index contributed by atoms with van der Waals surface area (Å²) in [6.07, 6.45) is 0. The van der Waals surface area contributed by atoms with Crippen molar-refractivity contribution in [3.63, 3.8) is 0 Å². The van der Waals surface area contributed by atoms with Gasteiger partial charge in [0.05, 0.1) is 25.7 Å². The first kappa shape index (κ1) is 20.8. The van der Waals surface area contributed by atoms with Gasteiger partial charge >= 0.3 is 0 Å². The lowest BCUT2D eigenvalue weighted by Gasteiger charge is -2.26. The Kier molecular flexibility index (Phi) is 6.13. The quantitative estimate of drug-likeness (QED) is 0.607. The number of nitrogens with one attached hydrogen (secondary N) is 1. The largest absolute Gasteiger partial charge is 0.497 e. The summed E-state index contributed by atoms with van der Waals surface area (Å²) >= 11 is 1.55. The van der Waals surface area contributed by atoms with Gasteiger partial charge in [-0.15, -0.1) is 11.8 Å². The number of anilines is 2. The normalized spacial score (nSPS) is 15.6. The summed E-state index contributed by atoms with van der Waals surface area (Å²) in [5.74, 6) is 1.47. The molecule has 0 spiro atoms. The third-order valence-electron chi connectivity index (χ3n) is 5.00. The van der Waals surface area contributed by atoms with Crippen LogP contribution in [-0.2, 0) is 4.79 Å². The maximum Gasteiger partial charge on any atom is 0.255 e. The Bertz CT molecular complexity index is 1090. The average Bonchev–Trinajstić information content (AvgIpc) is 3.20. The zero-order valence-corrected chi connectivity index (χ0v) is 18.0. The molecule has 1 unspecified atom stereocenters. The van der Waals surface area contributed by atoms with E-state index in [0.717, 1.165) is 5.56 Å². The molecule has 6 nitrogen and oxygen atoms in total. The second kappa shape index (κ2) is 9.14. The molecule has 0 aromatic heterocycles. The van der Waals surface area contributed by atoms with E-state index in [0.29, 0.717) is 34.2 Å². The van der Waals surface area contributed by atoms with Gasteiger partial charge in [-0.1, -0.05) is 30.3 Å². The summed E-state index contributed by atoms with van der Waals surface area (Å²) in [4.78, 5) is 26.8. The van der Waals surface area contributed by atoms with Crippen molar-refractivity contribution in [3.8, 4) is 11.5 Å². The summed E-state index contributed by atoms with van der Waals surface area (Å²) < 4.78 is 10.8. The van der Waals surface area contributed by atoms with Crippen molar-refractivity contribution in [2.24, 2.45) is 0 Å². The maximum atomic E-state index is 12.7. The first-order valence-electron chi connectivity index (χ1n) is 9.73. The predicted octanol–water partition coefficient (Wildman–Crippen LogP) is 4.73. The van der Waals surface area contributed by atoms with E-state index in [1.165, 1.54) is 0 Å². The van der Waals surface area contributed by atoms with Crippen LogP contribution in [0.15, 0.2) is 72.8 Å². The minimum Gasteiger partial charge on any atom is -0.497 e. The van der Waals surface area contributed by atoms with Gasteiger partial charge in [-0.3, -0.25) is 14.5 Å².